The topological polar surface area (TPSA) is 34.1 Å². The second-order valence-corrected chi connectivity index (χ2v) is 7.62. The van der Waals surface area contributed by atoms with E-state index in [1.807, 2.05) is 30.3 Å². The van der Waals surface area contributed by atoms with Crippen molar-refractivity contribution >= 4 is 26.5 Å². The van der Waals surface area contributed by atoms with Gasteiger partial charge in [-0.3, -0.25) is 0 Å². The summed E-state index contributed by atoms with van der Waals surface area (Å²) < 4.78 is 0. The SMILES string of the molecule is O=C1CCCC([Se]CCC(=O)c2ccccc2)C1. The third-order valence-corrected chi connectivity index (χ3v) is 5.97. The van der Waals surface area contributed by atoms with Gasteiger partial charge in [0.2, 0.25) is 0 Å². The summed E-state index contributed by atoms with van der Waals surface area (Å²) in [5, 5.41) is 0.971. The van der Waals surface area contributed by atoms with Crippen LogP contribution in [0.2, 0.25) is 10.1 Å². The molecule has 0 heterocycles. The molecule has 1 saturated carbocycles. The first-order valence-corrected chi connectivity index (χ1v) is 8.67. The fourth-order valence-corrected chi connectivity index (χ4v) is 4.89. The van der Waals surface area contributed by atoms with Crippen LogP contribution >= 0.6 is 0 Å². The van der Waals surface area contributed by atoms with Gasteiger partial charge in [-0.25, -0.2) is 0 Å². The van der Waals surface area contributed by atoms with Gasteiger partial charge in [0, 0.05) is 0 Å². The van der Waals surface area contributed by atoms with Crippen LogP contribution in [0, 0.1) is 0 Å². The molecule has 0 saturated heterocycles. The summed E-state index contributed by atoms with van der Waals surface area (Å²) in [6.07, 6.45) is 4.41. The Labute approximate surface area is 114 Å². The number of rotatable bonds is 5. The molecule has 0 N–H and O–H groups in total. The molecule has 18 heavy (non-hydrogen) atoms. The number of hydrogen-bond donors (Lipinski definition) is 0. The molecule has 3 heteroatoms. The number of carbonyl (C=O) groups excluding carboxylic acids is 2. The van der Waals surface area contributed by atoms with Gasteiger partial charge in [-0.2, -0.15) is 0 Å². The van der Waals surface area contributed by atoms with E-state index in [0.29, 0.717) is 32.0 Å². The summed E-state index contributed by atoms with van der Waals surface area (Å²) in [6.45, 7) is 0. The predicted octanol–water partition coefficient (Wildman–Crippen LogP) is 3.31. The van der Waals surface area contributed by atoms with E-state index in [4.69, 9.17) is 0 Å². The van der Waals surface area contributed by atoms with Crippen LogP contribution in [-0.4, -0.2) is 26.5 Å². The van der Waals surface area contributed by atoms with Gasteiger partial charge >= 0.3 is 114 Å². The summed E-state index contributed by atoms with van der Waals surface area (Å²) in [7, 11) is 0. The van der Waals surface area contributed by atoms with E-state index >= 15 is 0 Å². The Morgan fingerprint density at radius 2 is 2.06 bits per heavy atom. The molecular formula is C15H18O2Se. The molecule has 1 atom stereocenters. The van der Waals surface area contributed by atoms with Crippen LogP contribution in [0.5, 0.6) is 0 Å². The number of hydrogen-bond acceptors (Lipinski definition) is 2. The van der Waals surface area contributed by atoms with Crippen LogP contribution in [0.1, 0.15) is 42.5 Å². The normalized spacial score (nSPS) is 19.8. The van der Waals surface area contributed by atoms with Crippen molar-refractivity contribution in [3.8, 4) is 0 Å². The molecular weight excluding hydrogens is 291 g/mol. The summed E-state index contributed by atoms with van der Waals surface area (Å²) in [6, 6.07) is 9.48. The van der Waals surface area contributed by atoms with Gasteiger partial charge in [-0.1, -0.05) is 0 Å². The van der Waals surface area contributed by atoms with Crippen molar-refractivity contribution in [2.45, 2.75) is 42.2 Å². The molecule has 1 aliphatic rings. The minimum absolute atomic E-state index is 0.236. The quantitative estimate of drug-likeness (QED) is 0.618. The van der Waals surface area contributed by atoms with Gasteiger partial charge in [0.1, 0.15) is 0 Å². The Hall–Kier alpha value is -0.921. The molecule has 1 unspecified atom stereocenters. The van der Waals surface area contributed by atoms with Crippen LogP contribution in [0.15, 0.2) is 30.3 Å². The molecule has 1 aromatic carbocycles. The summed E-state index contributed by atoms with van der Waals surface area (Å²) >= 11 is 0.445. The summed E-state index contributed by atoms with van der Waals surface area (Å²) in [4.78, 5) is 23.8. The van der Waals surface area contributed by atoms with Crippen LogP contribution in [0.25, 0.3) is 0 Å². The van der Waals surface area contributed by atoms with Gasteiger partial charge in [0.05, 0.1) is 0 Å². The van der Waals surface area contributed by atoms with Crippen LogP contribution < -0.4 is 0 Å². The third kappa shape index (κ3) is 4.08. The van der Waals surface area contributed by atoms with Crippen molar-refractivity contribution in [3.63, 3.8) is 0 Å². The predicted molar refractivity (Wildman–Crippen MR) is 73.2 cm³/mol. The van der Waals surface area contributed by atoms with Crippen LogP contribution in [-0.2, 0) is 4.79 Å². The molecule has 1 aromatic rings. The van der Waals surface area contributed by atoms with Crippen molar-refractivity contribution in [3.05, 3.63) is 35.9 Å². The number of carbonyl (C=O) groups is 2. The Morgan fingerprint density at radius 3 is 2.78 bits per heavy atom. The minimum atomic E-state index is 0.236. The second kappa shape index (κ2) is 6.86. The van der Waals surface area contributed by atoms with Crippen molar-refractivity contribution in [1.82, 2.24) is 0 Å². The van der Waals surface area contributed by atoms with Crippen LogP contribution in [0.3, 0.4) is 0 Å². The number of benzene rings is 1. The zero-order valence-corrected chi connectivity index (χ0v) is 12.1. The summed E-state index contributed by atoms with van der Waals surface area (Å²) in [5.41, 5.74) is 0.813. The van der Waals surface area contributed by atoms with E-state index in [1.54, 1.807) is 0 Å². The van der Waals surface area contributed by atoms with Gasteiger partial charge in [-0.05, 0) is 0 Å². The molecule has 1 aliphatic carbocycles. The van der Waals surface area contributed by atoms with Gasteiger partial charge in [0.15, 0.2) is 0 Å². The Bertz CT molecular complexity index is 414. The van der Waals surface area contributed by atoms with Gasteiger partial charge < -0.3 is 0 Å². The van der Waals surface area contributed by atoms with Crippen LogP contribution in [0.4, 0.5) is 0 Å². The number of Topliss-reactive ketones (excluding diaryl/α,β-unsaturated/α-hetero) is 2. The molecule has 0 aromatic heterocycles. The average Bonchev–Trinajstić information content (AvgIpc) is 2.40. The fourth-order valence-electron chi connectivity index (χ4n) is 2.21. The molecule has 96 valence electrons. The number of ketones is 2. The van der Waals surface area contributed by atoms with E-state index in [9.17, 15) is 9.59 Å². The summed E-state index contributed by atoms with van der Waals surface area (Å²) in [5.74, 6) is 0.655. The van der Waals surface area contributed by atoms with Crippen molar-refractivity contribution in [1.29, 1.82) is 0 Å². The van der Waals surface area contributed by atoms with Crippen molar-refractivity contribution in [2.24, 2.45) is 0 Å². The Kier molecular flexibility index (Phi) is 5.15. The maximum atomic E-state index is 11.9. The second-order valence-electron chi connectivity index (χ2n) is 4.67. The fraction of sp³-hybridized carbons (Fsp3) is 0.467. The van der Waals surface area contributed by atoms with Crippen molar-refractivity contribution < 1.29 is 9.59 Å². The van der Waals surface area contributed by atoms with Gasteiger partial charge in [0.25, 0.3) is 0 Å². The molecule has 2 nitrogen and oxygen atoms in total. The van der Waals surface area contributed by atoms with Crippen molar-refractivity contribution in [2.75, 3.05) is 0 Å². The Balaban J connectivity index is 1.72. The van der Waals surface area contributed by atoms with E-state index in [0.717, 1.165) is 30.1 Å². The molecule has 0 spiro atoms. The first kappa shape index (κ1) is 13.5. The monoisotopic (exact) mass is 310 g/mol. The molecule has 0 amide bonds. The molecule has 0 aliphatic heterocycles. The molecule has 0 radical (unpaired) electrons. The zero-order valence-electron chi connectivity index (χ0n) is 10.4. The van der Waals surface area contributed by atoms with E-state index in [2.05, 4.69) is 0 Å². The third-order valence-electron chi connectivity index (χ3n) is 3.22. The molecule has 0 bridgehead atoms. The standard InChI is InChI=1S/C15H18O2Se/c16-13-7-4-8-14(11-13)18-10-9-15(17)12-5-2-1-3-6-12/h1-3,5-6,14H,4,7-11H2. The van der Waals surface area contributed by atoms with E-state index in [1.165, 1.54) is 6.42 Å². The maximum absolute atomic E-state index is 11.9. The molecule has 2 rings (SSSR count). The Morgan fingerprint density at radius 1 is 1.28 bits per heavy atom. The first-order chi connectivity index (χ1) is 8.75. The van der Waals surface area contributed by atoms with E-state index < -0.39 is 0 Å². The zero-order chi connectivity index (χ0) is 12.8. The van der Waals surface area contributed by atoms with E-state index in [-0.39, 0.29) is 5.78 Å². The van der Waals surface area contributed by atoms with Gasteiger partial charge in [-0.15, -0.1) is 0 Å². The first-order valence-electron chi connectivity index (χ1n) is 6.47. The average molecular weight is 309 g/mol. The molecule has 1 fully saturated rings.